The van der Waals surface area contributed by atoms with E-state index in [1.807, 2.05) is 66.7 Å². The van der Waals surface area contributed by atoms with Crippen LogP contribution < -0.4 is 4.90 Å². The first-order chi connectivity index (χ1) is 18.4. The lowest BCUT2D eigenvalue weighted by Crippen LogP contribution is -2.46. The molecule has 0 aromatic heterocycles. The van der Waals surface area contributed by atoms with E-state index >= 15 is 0 Å². The van der Waals surface area contributed by atoms with Crippen molar-refractivity contribution in [3.63, 3.8) is 0 Å². The zero-order chi connectivity index (χ0) is 26.4. The number of amides is 3. The second-order valence-electron chi connectivity index (χ2n) is 9.05. The topological polar surface area (TPSA) is 57.7 Å². The van der Waals surface area contributed by atoms with Crippen molar-refractivity contribution in [1.29, 1.82) is 0 Å². The van der Waals surface area contributed by atoms with Gasteiger partial charge in [0.2, 0.25) is 0 Å². The Bertz CT molecular complexity index is 1730. The predicted octanol–water partition coefficient (Wildman–Crippen LogP) is 7.24. The highest BCUT2D eigenvalue weighted by Crippen LogP contribution is 2.32. The zero-order valence-corrected chi connectivity index (χ0v) is 21.5. The summed E-state index contributed by atoms with van der Waals surface area (Å²) in [4.78, 5) is 43.6. The molecule has 186 valence electrons. The monoisotopic (exact) mass is 538 g/mol. The Hall–Kier alpha value is -4.19. The predicted molar refractivity (Wildman–Crippen MR) is 151 cm³/mol. The third-order valence-corrected chi connectivity index (χ3v) is 7.41. The van der Waals surface area contributed by atoms with E-state index in [2.05, 4.69) is 0 Å². The zero-order valence-electron chi connectivity index (χ0n) is 20.0. The van der Waals surface area contributed by atoms with E-state index in [0.29, 0.717) is 27.2 Å². The van der Waals surface area contributed by atoms with Gasteiger partial charge in [0.1, 0.15) is 0 Å². The summed E-state index contributed by atoms with van der Waals surface area (Å²) in [6, 6.07) is 29.0. The largest absolute Gasteiger partial charge is 0.306 e. The maximum absolute atomic E-state index is 13.9. The van der Waals surface area contributed by atoms with E-state index in [1.54, 1.807) is 29.2 Å². The van der Waals surface area contributed by atoms with Gasteiger partial charge in [-0.2, -0.15) is 0 Å². The Morgan fingerprint density at radius 3 is 2.08 bits per heavy atom. The highest BCUT2D eigenvalue weighted by molar-refractivity contribution is 6.37. The number of fused-ring (bicyclic) bond motifs is 1. The van der Waals surface area contributed by atoms with Gasteiger partial charge in [-0.15, -0.1) is 0 Å². The van der Waals surface area contributed by atoms with Crippen LogP contribution in [0.1, 0.15) is 31.1 Å². The van der Waals surface area contributed by atoms with Crippen molar-refractivity contribution < 1.29 is 14.4 Å². The molecule has 5 aromatic rings. The van der Waals surface area contributed by atoms with Gasteiger partial charge in [0.05, 0.1) is 16.3 Å². The van der Waals surface area contributed by atoms with Gasteiger partial charge in [-0.25, -0.2) is 0 Å². The van der Waals surface area contributed by atoms with Gasteiger partial charge in [0.15, 0.2) is 0 Å². The number of nitrogens with zero attached hydrogens (tertiary/aromatic N) is 2. The molecule has 0 radical (unpaired) electrons. The molecule has 0 bridgehead atoms. The second kappa shape index (κ2) is 9.60. The number of carbonyl (C=O) groups is 3. The van der Waals surface area contributed by atoms with Crippen molar-refractivity contribution in [2.24, 2.45) is 0 Å². The molecule has 6 rings (SSSR count). The summed E-state index contributed by atoms with van der Waals surface area (Å²) in [5.41, 5.74) is 1.87. The summed E-state index contributed by atoms with van der Waals surface area (Å²) in [5, 5.41) is 3.96. The molecular weight excluding hydrogens is 519 g/mol. The van der Waals surface area contributed by atoms with Crippen molar-refractivity contribution in [1.82, 2.24) is 4.90 Å². The lowest BCUT2D eigenvalue weighted by molar-refractivity contribution is 0.0611. The molecule has 7 heteroatoms. The van der Waals surface area contributed by atoms with Crippen LogP contribution >= 0.6 is 23.2 Å². The van der Waals surface area contributed by atoms with E-state index in [9.17, 15) is 14.4 Å². The molecule has 0 spiro atoms. The average molecular weight is 539 g/mol. The molecule has 0 saturated carbocycles. The van der Waals surface area contributed by atoms with E-state index in [-0.39, 0.29) is 41.4 Å². The molecule has 0 atom stereocenters. The number of carbonyl (C=O) groups excluding carboxylic acids is 3. The summed E-state index contributed by atoms with van der Waals surface area (Å²) >= 11 is 12.5. The fourth-order valence-corrected chi connectivity index (χ4v) is 5.56. The summed E-state index contributed by atoms with van der Waals surface area (Å²) in [5.74, 6) is -1.12. The van der Waals surface area contributed by atoms with Gasteiger partial charge in [-0.1, -0.05) is 83.9 Å². The fraction of sp³-hybridized carbons (Fsp3) is 0.0645. The van der Waals surface area contributed by atoms with Crippen LogP contribution in [0.3, 0.4) is 0 Å². The molecular formula is C31H20Cl2N2O3. The lowest BCUT2D eigenvalue weighted by Gasteiger charge is -2.31. The molecule has 0 saturated heterocycles. The van der Waals surface area contributed by atoms with E-state index in [4.69, 9.17) is 23.2 Å². The third-order valence-electron chi connectivity index (χ3n) is 6.87. The molecule has 0 unspecified atom stereocenters. The SMILES string of the molecule is O=C1c2cccc3cccc(c23)C(=O)N1CCN(C(=O)c1ccc(Cl)cc1Cl)c1cccc2ccccc12. The number of rotatable bonds is 5. The molecule has 1 heterocycles. The van der Waals surface area contributed by atoms with Crippen molar-refractivity contribution in [2.45, 2.75) is 0 Å². The number of anilines is 1. The normalized spacial score (nSPS) is 12.8. The van der Waals surface area contributed by atoms with Crippen LogP contribution in [0.15, 0.2) is 97.1 Å². The number of benzene rings is 5. The minimum absolute atomic E-state index is 0.00254. The van der Waals surface area contributed by atoms with E-state index in [0.717, 1.165) is 16.2 Å². The Balaban J connectivity index is 1.40. The molecule has 0 fully saturated rings. The van der Waals surface area contributed by atoms with Gasteiger partial charge in [0, 0.05) is 40.0 Å². The molecule has 0 aliphatic carbocycles. The minimum Gasteiger partial charge on any atom is -0.306 e. The van der Waals surface area contributed by atoms with Crippen LogP contribution in [0.25, 0.3) is 21.5 Å². The van der Waals surface area contributed by atoms with E-state index < -0.39 is 0 Å². The Morgan fingerprint density at radius 1 is 0.737 bits per heavy atom. The number of imide groups is 1. The highest BCUT2D eigenvalue weighted by atomic mass is 35.5. The van der Waals surface area contributed by atoms with Crippen molar-refractivity contribution in [3.8, 4) is 0 Å². The minimum atomic E-state index is -0.380. The van der Waals surface area contributed by atoms with E-state index in [1.165, 1.54) is 11.0 Å². The summed E-state index contributed by atoms with van der Waals surface area (Å²) < 4.78 is 0. The Kier molecular flexibility index (Phi) is 6.10. The molecule has 38 heavy (non-hydrogen) atoms. The first-order valence-corrected chi connectivity index (χ1v) is 12.8. The maximum Gasteiger partial charge on any atom is 0.261 e. The van der Waals surface area contributed by atoms with Crippen LogP contribution in [0.5, 0.6) is 0 Å². The van der Waals surface area contributed by atoms with Gasteiger partial charge in [-0.3, -0.25) is 19.3 Å². The standard InChI is InChI=1S/C31H20Cl2N2O3/c32-21-14-15-23(26(33)18-21)29(36)34(27-13-5-7-19-6-1-2-10-22(19)27)16-17-35-30(37)24-11-3-8-20-9-4-12-25(28(20)24)31(35)38/h1-15,18H,16-17H2. The number of hydrogen-bond donors (Lipinski definition) is 0. The molecule has 5 nitrogen and oxygen atoms in total. The van der Waals surface area contributed by atoms with Crippen LogP contribution in [0.2, 0.25) is 10.0 Å². The quantitative estimate of drug-likeness (QED) is 0.221. The van der Waals surface area contributed by atoms with Gasteiger partial charge >= 0.3 is 0 Å². The summed E-state index contributed by atoms with van der Waals surface area (Å²) in [6.45, 7) is 0.0734. The maximum atomic E-state index is 13.9. The summed E-state index contributed by atoms with van der Waals surface area (Å²) in [6.07, 6.45) is 0. The number of halogens is 2. The van der Waals surface area contributed by atoms with Crippen LogP contribution in [-0.4, -0.2) is 35.7 Å². The highest BCUT2D eigenvalue weighted by Gasteiger charge is 2.33. The van der Waals surface area contributed by atoms with Crippen molar-refractivity contribution in [3.05, 3.63) is 124 Å². The molecule has 1 aliphatic heterocycles. The first kappa shape index (κ1) is 24.2. The first-order valence-electron chi connectivity index (χ1n) is 12.1. The smallest absolute Gasteiger partial charge is 0.261 e. The third kappa shape index (κ3) is 4.01. The summed E-state index contributed by atoms with van der Waals surface area (Å²) in [7, 11) is 0. The average Bonchev–Trinajstić information content (AvgIpc) is 2.93. The van der Waals surface area contributed by atoms with Crippen LogP contribution in [0.4, 0.5) is 5.69 Å². The molecule has 0 N–H and O–H groups in total. The molecule has 3 amide bonds. The molecule has 1 aliphatic rings. The van der Waals surface area contributed by atoms with Crippen LogP contribution in [0, 0.1) is 0 Å². The van der Waals surface area contributed by atoms with Crippen molar-refractivity contribution >= 4 is 68.2 Å². The van der Waals surface area contributed by atoms with Gasteiger partial charge in [-0.05, 0) is 47.2 Å². The number of hydrogen-bond acceptors (Lipinski definition) is 3. The molecule has 5 aromatic carbocycles. The second-order valence-corrected chi connectivity index (χ2v) is 9.89. The van der Waals surface area contributed by atoms with Gasteiger partial charge in [0.25, 0.3) is 17.7 Å². The Morgan fingerprint density at radius 2 is 1.37 bits per heavy atom. The fourth-order valence-electron chi connectivity index (χ4n) is 5.07. The Labute approximate surface area is 228 Å². The van der Waals surface area contributed by atoms with Gasteiger partial charge < -0.3 is 4.90 Å². The van der Waals surface area contributed by atoms with Crippen LogP contribution in [-0.2, 0) is 0 Å². The van der Waals surface area contributed by atoms with Crippen molar-refractivity contribution in [2.75, 3.05) is 18.0 Å². The lowest BCUT2D eigenvalue weighted by atomic mass is 9.94.